The standard InChI is InChI=1S/C21H24ClN5O6S/c1-31-13-4-6-16(17(10-13)27-34(3,29)30)24-20-15(22)12-23-21(26-20)25-18-11-14(33-9-8-28)5-7-19(18)32-2/h4-7,10-12,27-28H,8-9H2,1-3H3,(H2,23,24,25,26). The maximum absolute atomic E-state index is 11.8. The topological polar surface area (TPSA) is 144 Å². The molecule has 3 aromatic rings. The van der Waals surface area contributed by atoms with Crippen molar-refractivity contribution in [3.05, 3.63) is 47.6 Å². The zero-order chi connectivity index (χ0) is 24.7. The number of methoxy groups -OCH3 is 2. The second-order valence-electron chi connectivity index (χ2n) is 6.86. The summed E-state index contributed by atoms with van der Waals surface area (Å²) in [5.74, 6) is 1.91. The summed E-state index contributed by atoms with van der Waals surface area (Å²) in [7, 11) is -0.565. The number of hydrogen-bond acceptors (Lipinski definition) is 10. The highest BCUT2D eigenvalue weighted by atomic mass is 35.5. The second-order valence-corrected chi connectivity index (χ2v) is 9.02. The van der Waals surface area contributed by atoms with E-state index in [1.165, 1.54) is 26.5 Å². The average molecular weight is 510 g/mol. The van der Waals surface area contributed by atoms with Gasteiger partial charge in [0.2, 0.25) is 16.0 Å². The fourth-order valence-corrected chi connectivity index (χ4v) is 3.55. The van der Waals surface area contributed by atoms with Gasteiger partial charge in [-0.15, -0.1) is 0 Å². The molecule has 1 aromatic heterocycles. The van der Waals surface area contributed by atoms with Crippen LogP contribution < -0.4 is 29.6 Å². The lowest BCUT2D eigenvalue weighted by atomic mass is 10.2. The zero-order valence-corrected chi connectivity index (χ0v) is 20.2. The molecular weight excluding hydrogens is 486 g/mol. The lowest BCUT2D eigenvalue weighted by Gasteiger charge is -2.16. The second kappa shape index (κ2) is 11.1. The van der Waals surface area contributed by atoms with E-state index in [1.807, 2.05) is 0 Å². The average Bonchev–Trinajstić information content (AvgIpc) is 2.80. The molecule has 182 valence electrons. The van der Waals surface area contributed by atoms with Crippen LogP contribution in [-0.4, -0.2) is 57.2 Å². The van der Waals surface area contributed by atoms with Gasteiger partial charge >= 0.3 is 0 Å². The first-order valence-electron chi connectivity index (χ1n) is 9.86. The first kappa shape index (κ1) is 25.1. The minimum Gasteiger partial charge on any atom is -0.497 e. The Labute approximate surface area is 202 Å². The first-order chi connectivity index (χ1) is 16.2. The molecule has 0 saturated carbocycles. The van der Waals surface area contributed by atoms with Gasteiger partial charge < -0.3 is 30.0 Å². The summed E-state index contributed by atoms with van der Waals surface area (Å²) in [6, 6.07) is 9.90. The van der Waals surface area contributed by atoms with Gasteiger partial charge in [0.1, 0.15) is 28.9 Å². The lowest BCUT2D eigenvalue weighted by Crippen LogP contribution is -2.11. The van der Waals surface area contributed by atoms with Crippen LogP contribution in [0.3, 0.4) is 0 Å². The molecule has 4 N–H and O–H groups in total. The molecule has 13 heteroatoms. The van der Waals surface area contributed by atoms with Crippen molar-refractivity contribution in [3.63, 3.8) is 0 Å². The molecule has 2 aromatic carbocycles. The van der Waals surface area contributed by atoms with Gasteiger partial charge in [0.05, 0.1) is 50.3 Å². The Balaban J connectivity index is 1.91. The Kier molecular flexibility index (Phi) is 8.21. The maximum Gasteiger partial charge on any atom is 0.229 e. The van der Waals surface area contributed by atoms with Crippen LogP contribution in [0.4, 0.5) is 28.8 Å². The molecule has 0 radical (unpaired) electrons. The number of hydrogen-bond donors (Lipinski definition) is 4. The molecule has 1 heterocycles. The monoisotopic (exact) mass is 509 g/mol. The quantitative estimate of drug-likeness (QED) is 0.303. The Hall–Kier alpha value is -3.48. The third-order valence-corrected chi connectivity index (χ3v) is 5.16. The first-order valence-corrected chi connectivity index (χ1v) is 12.1. The molecule has 0 aliphatic rings. The van der Waals surface area contributed by atoms with Crippen molar-refractivity contribution in [1.29, 1.82) is 0 Å². The van der Waals surface area contributed by atoms with Gasteiger partial charge in [-0.25, -0.2) is 13.4 Å². The van der Waals surface area contributed by atoms with Gasteiger partial charge in [0.25, 0.3) is 0 Å². The van der Waals surface area contributed by atoms with E-state index in [-0.39, 0.29) is 35.7 Å². The van der Waals surface area contributed by atoms with Crippen LogP contribution in [0, 0.1) is 0 Å². The fourth-order valence-electron chi connectivity index (χ4n) is 2.84. The van der Waals surface area contributed by atoms with E-state index in [0.717, 1.165) is 6.26 Å². The van der Waals surface area contributed by atoms with Crippen molar-refractivity contribution in [2.24, 2.45) is 0 Å². The Bertz CT molecular complexity index is 1260. The Morgan fingerprint density at radius 3 is 2.41 bits per heavy atom. The van der Waals surface area contributed by atoms with Crippen LogP contribution in [0.15, 0.2) is 42.6 Å². The minimum absolute atomic E-state index is 0.119. The van der Waals surface area contributed by atoms with Crippen molar-refractivity contribution in [2.45, 2.75) is 0 Å². The van der Waals surface area contributed by atoms with Gasteiger partial charge in [-0.2, -0.15) is 4.98 Å². The highest BCUT2D eigenvalue weighted by Gasteiger charge is 2.14. The summed E-state index contributed by atoms with van der Waals surface area (Å²) < 4.78 is 42.0. The number of benzene rings is 2. The molecule has 0 aliphatic carbocycles. The normalized spacial score (nSPS) is 11.0. The van der Waals surface area contributed by atoms with Crippen molar-refractivity contribution in [2.75, 3.05) is 49.0 Å². The highest BCUT2D eigenvalue weighted by molar-refractivity contribution is 7.92. The summed E-state index contributed by atoms with van der Waals surface area (Å²) in [5.41, 5.74) is 1.17. The van der Waals surface area contributed by atoms with Crippen LogP contribution in [0.1, 0.15) is 0 Å². The highest BCUT2D eigenvalue weighted by Crippen LogP contribution is 2.34. The van der Waals surface area contributed by atoms with Crippen LogP contribution in [-0.2, 0) is 10.0 Å². The Morgan fingerprint density at radius 1 is 1.00 bits per heavy atom. The van der Waals surface area contributed by atoms with Crippen molar-refractivity contribution in [3.8, 4) is 17.2 Å². The smallest absolute Gasteiger partial charge is 0.229 e. The summed E-state index contributed by atoms with van der Waals surface area (Å²) in [4.78, 5) is 8.59. The van der Waals surface area contributed by atoms with E-state index in [9.17, 15) is 8.42 Å². The van der Waals surface area contributed by atoms with Crippen LogP contribution in [0.5, 0.6) is 17.2 Å². The lowest BCUT2D eigenvalue weighted by molar-refractivity contribution is 0.201. The van der Waals surface area contributed by atoms with Gasteiger partial charge in [-0.3, -0.25) is 4.72 Å². The van der Waals surface area contributed by atoms with Crippen LogP contribution in [0.2, 0.25) is 5.02 Å². The third kappa shape index (κ3) is 6.76. The van der Waals surface area contributed by atoms with Crippen LogP contribution in [0.25, 0.3) is 0 Å². The number of nitrogens with one attached hydrogen (secondary N) is 3. The van der Waals surface area contributed by atoms with E-state index in [4.69, 9.17) is 30.9 Å². The van der Waals surface area contributed by atoms with E-state index in [1.54, 1.807) is 30.3 Å². The number of aromatic nitrogens is 2. The SMILES string of the molecule is COc1ccc(Nc2nc(Nc3cc(OCCO)ccc3OC)ncc2Cl)c(NS(C)(=O)=O)c1. The number of nitrogens with zero attached hydrogens (tertiary/aromatic N) is 2. The molecule has 34 heavy (non-hydrogen) atoms. The number of sulfonamides is 1. The molecule has 0 saturated heterocycles. The number of aliphatic hydroxyl groups is 1. The summed E-state index contributed by atoms with van der Waals surface area (Å²) in [5, 5.41) is 15.2. The van der Waals surface area contributed by atoms with Gasteiger partial charge in [-0.05, 0) is 24.3 Å². The summed E-state index contributed by atoms with van der Waals surface area (Å²) >= 11 is 6.29. The van der Waals surface area contributed by atoms with Crippen molar-refractivity contribution < 1.29 is 27.7 Å². The number of ether oxygens (including phenoxy) is 3. The molecule has 0 spiro atoms. The molecule has 0 unspecified atom stereocenters. The molecule has 0 bridgehead atoms. The molecule has 3 rings (SSSR count). The van der Waals surface area contributed by atoms with E-state index in [2.05, 4.69) is 25.3 Å². The number of aliphatic hydroxyl groups excluding tert-OH is 1. The largest absolute Gasteiger partial charge is 0.497 e. The predicted molar refractivity (Wildman–Crippen MR) is 131 cm³/mol. The predicted octanol–water partition coefficient (Wildman–Crippen LogP) is 3.38. The molecule has 0 amide bonds. The summed E-state index contributed by atoms with van der Waals surface area (Å²) in [6.45, 7) is 0.0225. The number of halogens is 1. The van der Waals surface area contributed by atoms with E-state index < -0.39 is 10.0 Å². The van der Waals surface area contributed by atoms with Gasteiger partial charge in [-0.1, -0.05) is 11.6 Å². The number of rotatable bonds is 11. The fraction of sp³-hybridized carbons (Fsp3) is 0.238. The van der Waals surface area contributed by atoms with Crippen molar-refractivity contribution >= 4 is 50.5 Å². The zero-order valence-electron chi connectivity index (χ0n) is 18.6. The summed E-state index contributed by atoms with van der Waals surface area (Å²) in [6.07, 6.45) is 2.44. The maximum atomic E-state index is 11.8. The molecule has 11 nitrogen and oxygen atoms in total. The van der Waals surface area contributed by atoms with E-state index in [0.29, 0.717) is 28.6 Å². The molecule has 0 aliphatic heterocycles. The third-order valence-electron chi connectivity index (χ3n) is 4.30. The molecule has 0 atom stereocenters. The number of anilines is 5. The molecular formula is C21H24ClN5O6S. The Morgan fingerprint density at radius 2 is 1.74 bits per heavy atom. The van der Waals surface area contributed by atoms with Gasteiger partial charge in [0.15, 0.2) is 5.82 Å². The van der Waals surface area contributed by atoms with E-state index >= 15 is 0 Å². The van der Waals surface area contributed by atoms with Crippen LogP contribution >= 0.6 is 11.6 Å². The molecule has 0 fully saturated rings. The minimum atomic E-state index is -3.56. The van der Waals surface area contributed by atoms with Gasteiger partial charge in [0, 0.05) is 12.1 Å². The van der Waals surface area contributed by atoms with Crippen molar-refractivity contribution in [1.82, 2.24) is 9.97 Å².